The Hall–Kier alpha value is -1.44. The zero-order valence-corrected chi connectivity index (χ0v) is 5.83. The number of amides is 2. The van der Waals surface area contributed by atoms with Crippen LogP contribution < -0.4 is 5.32 Å². The minimum absolute atomic E-state index is 0.0237. The van der Waals surface area contributed by atoms with Crippen molar-refractivity contribution in [2.45, 2.75) is 19.9 Å². The van der Waals surface area contributed by atoms with Gasteiger partial charge in [0.15, 0.2) is 6.19 Å². The lowest BCUT2D eigenvalue weighted by molar-refractivity contribution is 0.251. The number of hydrogen-bond donors (Lipinski definition) is 1. The molecule has 0 aromatic rings. The Morgan fingerprint density at radius 1 is 1.70 bits per heavy atom. The molecule has 0 atom stereocenters. The van der Waals surface area contributed by atoms with Crippen molar-refractivity contribution in [3.8, 4) is 6.19 Å². The minimum Gasteiger partial charge on any atom is -0.243 e. The van der Waals surface area contributed by atoms with Crippen LogP contribution in [0.2, 0.25) is 0 Å². The first-order valence-electron chi connectivity index (χ1n) is 2.76. The predicted molar refractivity (Wildman–Crippen MR) is 34.1 cm³/mol. The lowest BCUT2D eigenvalue weighted by Gasteiger charge is -1.89. The third-order valence-electron chi connectivity index (χ3n) is 0.542. The van der Waals surface area contributed by atoms with Gasteiger partial charge in [-0.15, -0.1) is 0 Å². The van der Waals surface area contributed by atoms with Crippen molar-refractivity contribution in [2.24, 2.45) is 10.2 Å². The zero-order valence-electron chi connectivity index (χ0n) is 5.83. The largest absolute Gasteiger partial charge is 0.372 e. The molecule has 0 aromatic heterocycles. The van der Waals surface area contributed by atoms with Gasteiger partial charge < -0.3 is 0 Å². The predicted octanol–water partition coefficient (Wildman–Crippen LogP) is 1.04. The van der Waals surface area contributed by atoms with E-state index in [9.17, 15) is 4.79 Å². The van der Waals surface area contributed by atoms with Gasteiger partial charge >= 0.3 is 6.03 Å². The molecule has 0 aliphatic carbocycles. The van der Waals surface area contributed by atoms with Crippen molar-refractivity contribution in [3.05, 3.63) is 0 Å². The van der Waals surface area contributed by atoms with Crippen molar-refractivity contribution in [1.82, 2.24) is 5.32 Å². The molecule has 2 amide bonds. The van der Waals surface area contributed by atoms with Crippen molar-refractivity contribution >= 4 is 6.03 Å². The van der Waals surface area contributed by atoms with Crippen LogP contribution in [0.1, 0.15) is 13.8 Å². The lowest BCUT2D eigenvalue weighted by Crippen LogP contribution is -2.11. The second kappa shape index (κ2) is 4.44. The van der Waals surface area contributed by atoms with E-state index in [0.717, 1.165) is 0 Å². The van der Waals surface area contributed by atoms with E-state index in [2.05, 4.69) is 10.2 Å². The van der Waals surface area contributed by atoms with Crippen LogP contribution in [0.15, 0.2) is 10.2 Å². The van der Waals surface area contributed by atoms with E-state index in [1.807, 2.05) is 5.32 Å². The fourth-order valence-corrected chi connectivity index (χ4v) is 0.241. The first kappa shape index (κ1) is 8.56. The summed E-state index contributed by atoms with van der Waals surface area (Å²) in [6, 6.07) is -0.749. The number of hydrogen-bond acceptors (Lipinski definition) is 3. The number of nitrogens with one attached hydrogen (secondary N) is 1. The maximum Gasteiger partial charge on any atom is 0.372 e. The van der Waals surface area contributed by atoms with Gasteiger partial charge in [0.1, 0.15) is 0 Å². The molecular weight excluding hydrogens is 132 g/mol. The van der Waals surface area contributed by atoms with Crippen molar-refractivity contribution in [2.75, 3.05) is 0 Å². The SMILES string of the molecule is CC(C)N=NC(=O)NC#N. The van der Waals surface area contributed by atoms with E-state index in [4.69, 9.17) is 5.26 Å². The Bertz CT molecular complexity index is 179. The number of rotatable bonds is 1. The standard InChI is InChI=1S/C5H8N4O/c1-4(2)8-9-5(10)7-3-6/h4H,1-2H3,(H,7,10). The third-order valence-corrected chi connectivity index (χ3v) is 0.542. The van der Waals surface area contributed by atoms with E-state index < -0.39 is 6.03 Å². The highest BCUT2D eigenvalue weighted by Gasteiger charge is 1.93. The Morgan fingerprint density at radius 3 is 2.70 bits per heavy atom. The van der Waals surface area contributed by atoms with Crippen LogP contribution >= 0.6 is 0 Å². The van der Waals surface area contributed by atoms with Gasteiger partial charge in [-0.25, -0.2) is 10.1 Å². The Kier molecular flexibility index (Phi) is 3.80. The van der Waals surface area contributed by atoms with Gasteiger partial charge in [-0.2, -0.15) is 10.4 Å². The molecule has 5 heteroatoms. The Balaban J connectivity index is 3.69. The van der Waals surface area contributed by atoms with Gasteiger partial charge in [-0.1, -0.05) is 5.11 Å². The summed E-state index contributed by atoms with van der Waals surface area (Å²) < 4.78 is 0. The fourth-order valence-electron chi connectivity index (χ4n) is 0.241. The fraction of sp³-hybridized carbons (Fsp3) is 0.600. The van der Waals surface area contributed by atoms with Crippen LogP contribution in [0.4, 0.5) is 4.79 Å². The number of carbonyl (C=O) groups excluding carboxylic acids is 1. The minimum atomic E-state index is -0.726. The summed E-state index contributed by atoms with van der Waals surface area (Å²) >= 11 is 0. The first-order valence-corrected chi connectivity index (χ1v) is 2.76. The highest BCUT2D eigenvalue weighted by Crippen LogP contribution is 1.86. The molecule has 0 aliphatic heterocycles. The van der Waals surface area contributed by atoms with E-state index in [-0.39, 0.29) is 6.04 Å². The van der Waals surface area contributed by atoms with E-state index >= 15 is 0 Å². The number of nitriles is 1. The summed E-state index contributed by atoms with van der Waals surface area (Å²) in [4.78, 5) is 10.4. The molecule has 0 heterocycles. The van der Waals surface area contributed by atoms with Crippen LogP contribution in [0, 0.1) is 11.5 Å². The quantitative estimate of drug-likeness (QED) is 0.335. The summed E-state index contributed by atoms with van der Waals surface area (Å²) in [6.45, 7) is 3.56. The molecular formula is C5H8N4O. The molecule has 0 aliphatic rings. The second-order valence-corrected chi connectivity index (χ2v) is 1.85. The lowest BCUT2D eigenvalue weighted by atomic mass is 10.4. The Labute approximate surface area is 58.7 Å². The number of nitrogens with zero attached hydrogens (tertiary/aromatic N) is 3. The van der Waals surface area contributed by atoms with Gasteiger partial charge in [-0.05, 0) is 13.8 Å². The smallest absolute Gasteiger partial charge is 0.243 e. The van der Waals surface area contributed by atoms with Crippen LogP contribution in [0.5, 0.6) is 0 Å². The van der Waals surface area contributed by atoms with Crippen molar-refractivity contribution in [1.29, 1.82) is 5.26 Å². The number of azo groups is 1. The van der Waals surface area contributed by atoms with Crippen LogP contribution in [-0.2, 0) is 0 Å². The second-order valence-electron chi connectivity index (χ2n) is 1.85. The zero-order chi connectivity index (χ0) is 7.98. The molecule has 54 valence electrons. The van der Waals surface area contributed by atoms with Crippen LogP contribution in [-0.4, -0.2) is 12.1 Å². The average Bonchev–Trinajstić information content (AvgIpc) is 1.85. The summed E-state index contributed by atoms with van der Waals surface area (Å²) in [5, 5.41) is 16.4. The topological polar surface area (TPSA) is 77.6 Å². The molecule has 0 saturated carbocycles. The van der Waals surface area contributed by atoms with Crippen LogP contribution in [0.25, 0.3) is 0 Å². The molecule has 0 saturated heterocycles. The highest BCUT2D eigenvalue weighted by atomic mass is 16.2. The van der Waals surface area contributed by atoms with Crippen molar-refractivity contribution in [3.63, 3.8) is 0 Å². The highest BCUT2D eigenvalue weighted by molar-refractivity contribution is 5.75. The Morgan fingerprint density at radius 2 is 2.30 bits per heavy atom. The third kappa shape index (κ3) is 4.71. The van der Waals surface area contributed by atoms with Gasteiger partial charge in [-0.3, -0.25) is 0 Å². The van der Waals surface area contributed by atoms with Gasteiger partial charge in [0.2, 0.25) is 0 Å². The molecule has 0 fully saturated rings. The molecule has 0 aromatic carbocycles. The maximum absolute atomic E-state index is 10.4. The van der Waals surface area contributed by atoms with E-state index in [1.54, 1.807) is 13.8 Å². The summed E-state index contributed by atoms with van der Waals surface area (Å²) in [6.07, 6.45) is 1.44. The summed E-state index contributed by atoms with van der Waals surface area (Å²) in [5.74, 6) is 0. The maximum atomic E-state index is 10.4. The molecule has 5 nitrogen and oxygen atoms in total. The first-order chi connectivity index (χ1) is 4.66. The van der Waals surface area contributed by atoms with Gasteiger partial charge in [0.25, 0.3) is 0 Å². The summed E-state index contributed by atoms with van der Waals surface area (Å²) in [5.41, 5.74) is 0. The molecule has 0 spiro atoms. The molecule has 0 bridgehead atoms. The molecule has 0 radical (unpaired) electrons. The molecule has 10 heavy (non-hydrogen) atoms. The monoisotopic (exact) mass is 140 g/mol. The van der Waals surface area contributed by atoms with E-state index in [0.29, 0.717) is 0 Å². The summed E-state index contributed by atoms with van der Waals surface area (Å²) in [7, 11) is 0. The van der Waals surface area contributed by atoms with Gasteiger partial charge in [0, 0.05) is 0 Å². The number of urea groups is 1. The number of carbonyl (C=O) groups is 1. The van der Waals surface area contributed by atoms with Crippen LogP contribution in [0.3, 0.4) is 0 Å². The normalized spacial score (nSPS) is 9.80. The molecule has 0 rings (SSSR count). The molecule has 0 unspecified atom stereocenters. The molecule has 1 N–H and O–H groups in total. The van der Waals surface area contributed by atoms with E-state index in [1.165, 1.54) is 6.19 Å². The van der Waals surface area contributed by atoms with Gasteiger partial charge in [0.05, 0.1) is 6.04 Å². The average molecular weight is 140 g/mol. The van der Waals surface area contributed by atoms with Crippen molar-refractivity contribution < 1.29 is 4.79 Å².